The first-order chi connectivity index (χ1) is 16.7. The number of methoxy groups -OCH3 is 2. The smallest absolute Gasteiger partial charge is 0.211 e. The number of hydrogen-bond acceptors (Lipinski definition) is 8. The van der Waals surface area contributed by atoms with Crippen LogP contribution in [0.3, 0.4) is 0 Å². The Labute approximate surface area is 199 Å². The third kappa shape index (κ3) is 5.15. The first-order valence-electron chi connectivity index (χ1n) is 11.4. The van der Waals surface area contributed by atoms with Crippen LogP contribution in [0.1, 0.15) is 34.1 Å². The molecule has 0 aromatic heterocycles. The van der Waals surface area contributed by atoms with Crippen LogP contribution < -0.4 is 9.47 Å². The summed E-state index contributed by atoms with van der Waals surface area (Å²) in [5.41, 5.74) is 3.37. The second-order valence-corrected chi connectivity index (χ2v) is 8.08. The summed E-state index contributed by atoms with van der Waals surface area (Å²) in [6, 6.07) is 11.2. The van der Waals surface area contributed by atoms with Crippen molar-refractivity contribution in [1.29, 1.82) is 0 Å². The van der Waals surface area contributed by atoms with Gasteiger partial charge in [0.15, 0.2) is 0 Å². The molecule has 0 radical (unpaired) electrons. The number of hydrogen-bond donors (Lipinski definition) is 0. The Morgan fingerprint density at radius 1 is 0.559 bits per heavy atom. The number of carbonyl (C=O) groups is 2. The standard InChI is InChI=1S/C26H30O8/c1-29-7-9-31-11-13-33-17-3-5-19-21(15-17)23-20-6-4-18(34-14-12-32-10-8-30-2)16-22(20)24(19)26(28)25(23)27/h3-6,15-16,23-24H,7-14H2,1-2H3/t23-,24-/m1/s1. The second kappa shape index (κ2) is 11.6. The van der Waals surface area contributed by atoms with E-state index in [9.17, 15) is 9.59 Å². The number of Topliss-reactive ketones (excluding diaryl/α,β-unsaturated/α-hetero) is 2. The van der Waals surface area contributed by atoms with E-state index in [0.717, 1.165) is 22.3 Å². The zero-order valence-corrected chi connectivity index (χ0v) is 19.5. The maximum Gasteiger partial charge on any atom is 0.211 e. The third-order valence-corrected chi connectivity index (χ3v) is 5.98. The molecule has 0 aliphatic heterocycles. The lowest BCUT2D eigenvalue weighted by atomic mass is 9.62. The molecule has 0 fully saturated rings. The summed E-state index contributed by atoms with van der Waals surface area (Å²) < 4.78 is 32.4. The van der Waals surface area contributed by atoms with Crippen molar-refractivity contribution in [3.8, 4) is 11.5 Å². The normalized spacial score (nSPS) is 18.1. The molecule has 0 saturated carbocycles. The zero-order valence-electron chi connectivity index (χ0n) is 19.5. The second-order valence-electron chi connectivity index (χ2n) is 8.08. The van der Waals surface area contributed by atoms with Gasteiger partial charge in [-0.2, -0.15) is 0 Å². The minimum absolute atomic E-state index is 0.370. The van der Waals surface area contributed by atoms with Gasteiger partial charge in [0, 0.05) is 14.2 Å². The van der Waals surface area contributed by atoms with Gasteiger partial charge in [-0.05, 0) is 46.5 Å². The van der Waals surface area contributed by atoms with Gasteiger partial charge in [-0.1, -0.05) is 12.1 Å². The molecule has 182 valence electrons. The number of ketones is 2. The number of fused-ring (bicyclic) bond motifs is 1. The molecule has 3 aliphatic rings. The first-order valence-corrected chi connectivity index (χ1v) is 11.4. The largest absolute Gasteiger partial charge is 0.491 e. The molecule has 0 spiro atoms. The van der Waals surface area contributed by atoms with Crippen LogP contribution in [0.25, 0.3) is 0 Å². The van der Waals surface area contributed by atoms with Crippen LogP contribution in [0, 0.1) is 0 Å². The van der Waals surface area contributed by atoms with Crippen LogP contribution in [-0.2, 0) is 28.5 Å². The number of rotatable bonds is 14. The fourth-order valence-electron chi connectivity index (χ4n) is 4.42. The Hall–Kier alpha value is -2.78. The molecule has 5 rings (SSSR count). The lowest BCUT2D eigenvalue weighted by Crippen LogP contribution is -2.40. The van der Waals surface area contributed by atoms with E-state index < -0.39 is 11.8 Å². The van der Waals surface area contributed by atoms with Crippen molar-refractivity contribution in [3.63, 3.8) is 0 Å². The highest BCUT2D eigenvalue weighted by Crippen LogP contribution is 2.51. The maximum absolute atomic E-state index is 12.9. The fraction of sp³-hybridized carbons (Fsp3) is 0.462. The van der Waals surface area contributed by atoms with E-state index in [4.69, 9.17) is 28.4 Å². The van der Waals surface area contributed by atoms with E-state index in [2.05, 4.69) is 0 Å². The molecule has 8 heteroatoms. The van der Waals surface area contributed by atoms with Gasteiger partial charge in [-0.3, -0.25) is 9.59 Å². The van der Waals surface area contributed by atoms with Crippen LogP contribution in [0.4, 0.5) is 0 Å². The van der Waals surface area contributed by atoms with Gasteiger partial charge < -0.3 is 28.4 Å². The third-order valence-electron chi connectivity index (χ3n) is 5.98. The summed E-state index contributed by atoms with van der Waals surface area (Å²) in [6.45, 7) is 3.73. The van der Waals surface area contributed by atoms with Crippen molar-refractivity contribution < 1.29 is 38.0 Å². The van der Waals surface area contributed by atoms with Gasteiger partial charge in [0.25, 0.3) is 0 Å². The van der Waals surface area contributed by atoms with Gasteiger partial charge in [-0.15, -0.1) is 0 Å². The highest BCUT2D eigenvalue weighted by atomic mass is 16.5. The number of carbonyl (C=O) groups excluding carboxylic acids is 2. The Morgan fingerprint density at radius 3 is 1.38 bits per heavy atom. The monoisotopic (exact) mass is 470 g/mol. The number of benzene rings is 2. The summed E-state index contributed by atoms with van der Waals surface area (Å²) in [6.07, 6.45) is 0. The van der Waals surface area contributed by atoms with E-state index in [1.54, 1.807) is 14.2 Å². The molecule has 0 saturated heterocycles. The Morgan fingerprint density at radius 2 is 0.971 bits per heavy atom. The molecule has 3 aliphatic carbocycles. The summed E-state index contributed by atoms with van der Waals surface area (Å²) in [5, 5.41) is 0. The summed E-state index contributed by atoms with van der Waals surface area (Å²) in [7, 11) is 3.25. The highest BCUT2D eigenvalue weighted by molar-refractivity contribution is 6.45. The van der Waals surface area contributed by atoms with Crippen molar-refractivity contribution in [3.05, 3.63) is 58.7 Å². The predicted molar refractivity (Wildman–Crippen MR) is 123 cm³/mol. The quantitative estimate of drug-likeness (QED) is 0.307. The minimum Gasteiger partial charge on any atom is -0.491 e. The van der Waals surface area contributed by atoms with Crippen LogP contribution in [0.15, 0.2) is 36.4 Å². The van der Waals surface area contributed by atoms with Gasteiger partial charge in [-0.25, -0.2) is 0 Å². The van der Waals surface area contributed by atoms with E-state index >= 15 is 0 Å². The van der Waals surface area contributed by atoms with Crippen LogP contribution >= 0.6 is 0 Å². The van der Waals surface area contributed by atoms with Gasteiger partial charge in [0.1, 0.15) is 24.7 Å². The summed E-state index contributed by atoms with van der Waals surface area (Å²) >= 11 is 0. The van der Waals surface area contributed by atoms with E-state index in [0.29, 0.717) is 64.4 Å². The molecule has 0 amide bonds. The van der Waals surface area contributed by atoms with Gasteiger partial charge in [0.05, 0.1) is 51.5 Å². The summed E-state index contributed by atoms with van der Waals surface area (Å²) in [4.78, 5) is 25.8. The molecular formula is C26H30O8. The first kappa shape index (κ1) is 24.3. The van der Waals surface area contributed by atoms with Crippen LogP contribution in [0.5, 0.6) is 11.5 Å². The lowest BCUT2D eigenvalue weighted by Gasteiger charge is -2.38. The average Bonchev–Trinajstić information content (AvgIpc) is 2.85. The van der Waals surface area contributed by atoms with Gasteiger partial charge >= 0.3 is 0 Å². The Kier molecular flexibility index (Phi) is 8.29. The Balaban J connectivity index is 1.46. The fourth-order valence-corrected chi connectivity index (χ4v) is 4.42. The molecule has 2 aromatic rings. The minimum atomic E-state index is -0.615. The molecule has 8 nitrogen and oxygen atoms in total. The van der Waals surface area contributed by atoms with Crippen molar-refractivity contribution in [2.45, 2.75) is 11.8 Å². The molecule has 0 heterocycles. The maximum atomic E-state index is 12.9. The zero-order chi connectivity index (χ0) is 23.9. The number of ether oxygens (including phenoxy) is 6. The van der Waals surface area contributed by atoms with E-state index in [1.165, 1.54) is 0 Å². The topological polar surface area (TPSA) is 89.5 Å². The molecule has 0 unspecified atom stereocenters. The lowest BCUT2D eigenvalue weighted by molar-refractivity contribution is -0.138. The van der Waals surface area contributed by atoms with E-state index in [-0.39, 0.29) is 11.6 Å². The molecular weight excluding hydrogens is 440 g/mol. The van der Waals surface area contributed by atoms with Crippen LogP contribution in [0.2, 0.25) is 0 Å². The SMILES string of the molecule is COCCOCCOc1ccc2c(c1)[C@@H]1C(=O)C(=O)[C@H]2c2cc(OCCOCCOC)ccc21. The van der Waals surface area contributed by atoms with Crippen molar-refractivity contribution in [1.82, 2.24) is 0 Å². The average molecular weight is 471 g/mol. The predicted octanol–water partition coefficient (Wildman–Crippen LogP) is 2.50. The van der Waals surface area contributed by atoms with Crippen molar-refractivity contribution in [2.24, 2.45) is 0 Å². The molecule has 0 N–H and O–H groups in total. The van der Waals surface area contributed by atoms with Crippen LogP contribution in [-0.4, -0.2) is 78.6 Å². The van der Waals surface area contributed by atoms with Crippen molar-refractivity contribution in [2.75, 3.05) is 67.1 Å². The molecule has 2 atom stereocenters. The summed E-state index contributed by atoms with van der Waals surface area (Å²) in [5.74, 6) is -0.671. The molecule has 2 aromatic carbocycles. The van der Waals surface area contributed by atoms with Crippen molar-refractivity contribution >= 4 is 11.6 Å². The molecule has 2 bridgehead atoms. The van der Waals surface area contributed by atoms with E-state index in [1.807, 2.05) is 36.4 Å². The van der Waals surface area contributed by atoms with Gasteiger partial charge in [0.2, 0.25) is 11.6 Å². The Bertz CT molecular complexity index is 936. The molecule has 34 heavy (non-hydrogen) atoms. The highest BCUT2D eigenvalue weighted by Gasteiger charge is 2.49.